The number of esters is 1. The first-order chi connectivity index (χ1) is 14.1. The van der Waals surface area contributed by atoms with Crippen LogP contribution in [0, 0.1) is 0 Å². The molecule has 0 bridgehead atoms. The molecule has 0 unspecified atom stereocenters. The molecule has 1 saturated heterocycles. The molecule has 5 nitrogen and oxygen atoms in total. The third kappa shape index (κ3) is 4.16. The van der Waals surface area contributed by atoms with Crippen molar-refractivity contribution >= 4 is 27.8 Å². The summed E-state index contributed by atoms with van der Waals surface area (Å²) in [5.41, 5.74) is 3.03. The Bertz CT molecular complexity index is 1000. The van der Waals surface area contributed by atoms with Crippen molar-refractivity contribution in [1.29, 1.82) is 0 Å². The molecule has 0 amide bonds. The van der Waals surface area contributed by atoms with Gasteiger partial charge in [0.1, 0.15) is 0 Å². The van der Waals surface area contributed by atoms with Crippen LogP contribution in [-0.2, 0) is 11.3 Å². The van der Waals surface area contributed by atoms with Gasteiger partial charge in [-0.1, -0.05) is 18.2 Å². The van der Waals surface area contributed by atoms with Crippen molar-refractivity contribution < 1.29 is 9.53 Å². The number of hydrogen-bond acceptors (Lipinski definition) is 4. The number of aryl methyl sites for hydroxylation is 1. The fourth-order valence-electron chi connectivity index (χ4n) is 4.71. The zero-order valence-corrected chi connectivity index (χ0v) is 17.6. The van der Waals surface area contributed by atoms with Crippen LogP contribution in [0.2, 0.25) is 0 Å². The molecule has 0 saturated carbocycles. The van der Waals surface area contributed by atoms with E-state index in [1.807, 2.05) is 19.1 Å². The maximum absolute atomic E-state index is 12.2. The highest BCUT2D eigenvalue weighted by atomic mass is 16.5. The summed E-state index contributed by atoms with van der Waals surface area (Å²) in [5, 5.41) is 5.91. The second-order valence-corrected chi connectivity index (χ2v) is 8.20. The van der Waals surface area contributed by atoms with Crippen molar-refractivity contribution in [2.75, 3.05) is 26.2 Å². The zero-order valence-electron chi connectivity index (χ0n) is 17.6. The highest BCUT2D eigenvalue weighted by Gasteiger charge is 2.20. The third-order valence-electron chi connectivity index (χ3n) is 5.77. The monoisotopic (exact) mass is 393 g/mol. The molecule has 1 aliphatic rings. The summed E-state index contributed by atoms with van der Waals surface area (Å²) in [6.45, 7) is 11.0. The Morgan fingerprint density at radius 1 is 1.03 bits per heavy atom. The number of ether oxygens (including phenoxy) is 1. The molecule has 4 rings (SSSR count). The molecular formula is C24H31N3O2. The van der Waals surface area contributed by atoms with E-state index in [1.54, 1.807) is 0 Å². The fraction of sp³-hybridized carbons (Fsp3) is 0.458. The van der Waals surface area contributed by atoms with E-state index in [4.69, 9.17) is 4.74 Å². The predicted molar refractivity (Wildman–Crippen MR) is 119 cm³/mol. The lowest BCUT2D eigenvalue weighted by Gasteiger charge is -2.36. The lowest BCUT2D eigenvalue weighted by Crippen LogP contribution is -2.54. The minimum Gasteiger partial charge on any atom is -0.462 e. The predicted octanol–water partition coefficient (Wildman–Crippen LogP) is 4.04. The number of piperazine rings is 1. The van der Waals surface area contributed by atoms with E-state index in [-0.39, 0.29) is 5.97 Å². The topological polar surface area (TPSA) is 46.5 Å². The average Bonchev–Trinajstić information content (AvgIpc) is 3.01. The molecule has 1 aliphatic heterocycles. The molecule has 1 fully saturated rings. The van der Waals surface area contributed by atoms with Crippen molar-refractivity contribution in [2.24, 2.45) is 0 Å². The van der Waals surface area contributed by atoms with Crippen LogP contribution < -0.4 is 5.32 Å². The van der Waals surface area contributed by atoms with Gasteiger partial charge in [0.05, 0.1) is 12.2 Å². The van der Waals surface area contributed by atoms with Crippen molar-refractivity contribution in [3.8, 4) is 0 Å². The molecule has 1 aromatic heterocycles. The zero-order chi connectivity index (χ0) is 20.4. The Morgan fingerprint density at radius 3 is 2.52 bits per heavy atom. The van der Waals surface area contributed by atoms with E-state index in [0.29, 0.717) is 24.3 Å². The van der Waals surface area contributed by atoms with E-state index < -0.39 is 0 Å². The summed E-state index contributed by atoms with van der Waals surface area (Å²) in [5.74, 6) is -0.256. The summed E-state index contributed by atoms with van der Waals surface area (Å²) in [6, 6.07) is 15.5. The Balaban J connectivity index is 1.59. The molecule has 0 radical (unpaired) electrons. The first-order valence-electron chi connectivity index (χ1n) is 10.7. The average molecular weight is 394 g/mol. The van der Waals surface area contributed by atoms with E-state index >= 15 is 0 Å². The largest absolute Gasteiger partial charge is 0.462 e. The third-order valence-corrected chi connectivity index (χ3v) is 5.77. The molecule has 5 heteroatoms. The van der Waals surface area contributed by atoms with Crippen LogP contribution in [0.3, 0.4) is 0 Å². The number of carbonyl (C=O) groups excluding carboxylic acids is 1. The van der Waals surface area contributed by atoms with Crippen molar-refractivity contribution in [3.63, 3.8) is 0 Å². The number of nitrogens with zero attached hydrogens (tertiary/aromatic N) is 2. The van der Waals surface area contributed by atoms with E-state index in [1.165, 1.54) is 16.4 Å². The Hall–Kier alpha value is -2.37. The van der Waals surface area contributed by atoms with Gasteiger partial charge in [-0.15, -0.1) is 0 Å². The number of aromatic nitrogens is 1. The fourth-order valence-corrected chi connectivity index (χ4v) is 4.71. The van der Waals surface area contributed by atoms with Gasteiger partial charge in [-0.3, -0.25) is 0 Å². The standard InChI is InChI=1S/C24H31N3O2/c1-4-29-24(28)19-10-11-23-21(14-19)20-8-5-6-9-22(20)27(23)13-7-12-26-15-17(2)25-18(3)16-26/h5-6,8-11,14,17-18,25H,4,7,12-13,15-16H2,1-3H3/t17-,18+. The quantitative estimate of drug-likeness (QED) is 0.642. The van der Waals surface area contributed by atoms with Gasteiger partial charge in [0.25, 0.3) is 0 Å². The molecule has 2 heterocycles. The van der Waals surface area contributed by atoms with Crippen LogP contribution in [0.1, 0.15) is 37.6 Å². The van der Waals surface area contributed by atoms with E-state index in [2.05, 4.69) is 59.0 Å². The number of nitrogens with one attached hydrogen (secondary N) is 1. The summed E-state index contributed by atoms with van der Waals surface area (Å²) < 4.78 is 7.59. The van der Waals surface area contributed by atoms with Gasteiger partial charge in [0, 0.05) is 53.5 Å². The number of para-hydroxylation sites is 1. The molecule has 2 atom stereocenters. The van der Waals surface area contributed by atoms with Crippen LogP contribution >= 0.6 is 0 Å². The van der Waals surface area contributed by atoms with Gasteiger partial charge in [-0.25, -0.2) is 4.79 Å². The SMILES string of the molecule is CCOC(=O)c1ccc2c(c1)c1ccccc1n2CCCN1C[C@@H](C)N[C@@H](C)C1. The molecule has 154 valence electrons. The Labute approximate surface area is 172 Å². The maximum atomic E-state index is 12.2. The van der Waals surface area contributed by atoms with Gasteiger partial charge in [0.2, 0.25) is 0 Å². The summed E-state index contributed by atoms with van der Waals surface area (Å²) in [4.78, 5) is 14.8. The van der Waals surface area contributed by atoms with Crippen LogP contribution in [0.4, 0.5) is 0 Å². The molecule has 29 heavy (non-hydrogen) atoms. The smallest absolute Gasteiger partial charge is 0.338 e. The van der Waals surface area contributed by atoms with Crippen molar-refractivity contribution in [3.05, 3.63) is 48.0 Å². The van der Waals surface area contributed by atoms with Crippen LogP contribution in [0.15, 0.2) is 42.5 Å². The molecule has 3 aromatic rings. The number of fused-ring (bicyclic) bond motifs is 3. The first kappa shape index (κ1) is 19.9. The van der Waals surface area contributed by atoms with Gasteiger partial charge < -0.3 is 19.5 Å². The summed E-state index contributed by atoms with van der Waals surface area (Å²) in [7, 11) is 0. The van der Waals surface area contributed by atoms with Crippen molar-refractivity contribution in [1.82, 2.24) is 14.8 Å². The van der Waals surface area contributed by atoms with Crippen LogP contribution in [0.25, 0.3) is 21.8 Å². The van der Waals surface area contributed by atoms with Gasteiger partial charge in [0.15, 0.2) is 0 Å². The minimum atomic E-state index is -0.256. The van der Waals surface area contributed by atoms with E-state index in [9.17, 15) is 4.79 Å². The lowest BCUT2D eigenvalue weighted by atomic mass is 10.1. The van der Waals surface area contributed by atoms with Gasteiger partial charge in [-0.05, 0) is 58.0 Å². The van der Waals surface area contributed by atoms with Gasteiger partial charge in [-0.2, -0.15) is 0 Å². The Morgan fingerprint density at radius 2 is 1.76 bits per heavy atom. The number of rotatable bonds is 6. The molecule has 1 N–H and O–H groups in total. The van der Waals surface area contributed by atoms with Crippen LogP contribution in [0.5, 0.6) is 0 Å². The summed E-state index contributed by atoms with van der Waals surface area (Å²) >= 11 is 0. The van der Waals surface area contributed by atoms with Crippen molar-refractivity contribution in [2.45, 2.75) is 45.8 Å². The Kier molecular flexibility index (Phi) is 5.88. The first-order valence-corrected chi connectivity index (χ1v) is 10.7. The molecule has 0 aliphatic carbocycles. The number of hydrogen-bond donors (Lipinski definition) is 1. The number of benzene rings is 2. The molecule has 0 spiro atoms. The highest BCUT2D eigenvalue weighted by molar-refractivity contribution is 6.10. The number of carbonyl (C=O) groups is 1. The lowest BCUT2D eigenvalue weighted by molar-refractivity contribution is 0.0526. The molecule has 2 aromatic carbocycles. The summed E-state index contributed by atoms with van der Waals surface area (Å²) in [6.07, 6.45) is 1.10. The molecular weight excluding hydrogens is 362 g/mol. The van der Waals surface area contributed by atoms with E-state index in [0.717, 1.165) is 38.0 Å². The van der Waals surface area contributed by atoms with Gasteiger partial charge >= 0.3 is 5.97 Å². The second kappa shape index (κ2) is 8.56. The van der Waals surface area contributed by atoms with Crippen LogP contribution in [-0.4, -0.2) is 53.8 Å². The normalized spacial score (nSPS) is 20.4. The minimum absolute atomic E-state index is 0.256. The second-order valence-electron chi connectivity index (χ2n) is 8.20. The maximum Gasteiger partial charge on any atom is 0.338 e. The highest BCUT2D eigenvalue weighted by Crippen LogP contribution is 2.30.